The SMILES string of the molecule is COCCNCCCS(=O)Cc1cc(C)cc(C)c1. The third kappa shape index (κ3) is 7.45. The van der Waals surface area contributed by atoms with E-state index in [4.69, 9.17) is 4.74 Å². The average Bonchev–Trinajstić information content (AvgIpc) is 2.32. The van der Waals surface area contributed by atoms with E-state index in [1.807, 2.05) is 0 Å². The summed E-state index contributed by atoms with van der Waals surface area (Å²) in [6.07, 6.45) is 0.946. The topological polar surface area (TPSA) is 38.3 Å². The van der Waals surface area contributed by atoms with Crippen LogP contribution in [0.15, 0.2) is 18.2 Å². The molecule has 0 radical (unpaired) electrons. The van der Waals surface area contributed by atoms with Gasteiger partial charge in [0, 0.05) is 36.0 Å². The van der Waals surface area contributed by atoms with Crippen LogP contribution in [-0.4, -0.2) is 36.8 Å². The summed E-state index contributed by atoms with van der Waals surface area (Å²) in [7, 11) is 0.929. The summed E-state index contributed by atoms with van der Waals surface area (Å²) in [5, 5.41) is 3.26. The zero-order valence-electron chi connectivity index (χ0n) is 12.2. The van der Waals surface area contributed by atoms with Crippen molar-refractivity contribution in [2.75, 3.05) is 32.6 Å². The molecule has 1 N–H and O–H groups in total. The van der Waals surface area contributed by atoms with Crippen LogP contribution in [0.5, 0.6) is 0 Å². The zero-order chi connectivity index (χ0) is 14.1. The summed E-state index contributed by atoms with van der Waals surface area (Å²) in [6, 6.07) is 6.40. The highest BCUT2D eigenvalue weighted by atomic mass is 32.2. The second-order valence-electron chi connectivity index (χ2n) is 4.88. The molecule has 108 valence electrons. The molecule has 4 heteroatoms. The molecule has 0 bridgehead atoms. The molecule has 1 aromatic rings. The number of rotatable bonds is 9. The van der Waals surface area contributed by atoms with Crippen LogP contribution in [-0.2, 0) is 21.3 Å². The molecule has 0 amide bonds. The molecule has 0 saturated heterocycles. The minimum Gasteiger partial charge on any atom is -0.383 e. The molecule has 1 rings (SSSR count). The van der Waals surface area contributed by atoms with Crippen molar-refractivity contribution in [1.29, 1.82) is 0 Å². The van der Waals surface area contributed by atoms with Crippen LogP contribution in [0.25, 0.3) is 0 Å². The quantitative estimate of drug-likeness (QED) is 0.706. The first-order valence-electron chi connectivity index (χ1n) is 6.73. The average molecular weight is 283 g/mol. The predicted molar refractivity (Wildman–Crippen MR) is 82.0 cm³/mol. The van der Waals surface area contributed by atoms with Crippen molar-refractivity contribution in [2.45, 2.75) is 26.0 Å². The van der Waals surface area contributed by atoms with Crippen molar-refractivity contribution in [3.8, 4) is 0 Å². The molecule has 3 nitrogen and oxygen atoms in total. The molecule has 0 heterocycles. The van der Waals surface area contributed by atoms with E-state index in [0.717, 1.165) is 31.9 Å². The maximum absolute atomic E-state index is 12.0. The number of methoxy groups -OCH3 is 1. The van der Waals surface area contributed by atoms with Gasteiger partial charge in [0.25, 0.3) is 0 Å². The lowest BCUT2D eigenvalue weighted by molar-refractivity contribution is 0.199. The van der Waals surface area contributed by atoms with Gasteiger partial charge >= 0.3 is 0 Å². The molecular weight excluding hydrogens is 258 g/mol. The third-order valence-electron chi connectivity index (χ3n) is 2.82. The Bertz CT molecular complexity index is 387. The first-order chi connectivity index (χ1) is 9.11. The molecule has 0 fully saturated rings. The Hall–Kier alpha value is -0.710. The summed E-state index contributed by atoms with van der Waals surface area (Å²) in [4.78, 5) is 0. The molecule has 19 heavy (non-hydrogen) atoms. The van der Waals surface area contributed by atoms with Gasteiger partial charge in [0.15, 0.2) is 0 Å². The first kappa shape index (κ1) is 16.3. The van der Waals surface area contributed by atoms with Crippen molar-refractivity contribution < 1.29 is 8.95 Å². The Balaban J connectivity index is 2.23. The van der Waals surface area contributed by atoms with E-state index in [1.165, 1.54) is 16.7 Å². The second-order valence-corrected chi connectivity index (χ2v) is 6.46. The van der Waals surface area contributed by atoms with Gasteiger partial charge in [0.1, 0.15) is 0 Å². The molecule has 0 aliphatic rings. The normalized spacial score (nSPS) is 12.6. The van der Waals surface area contributed by atoms with Gasteiger partial charge in [-0.25, -0.2) is 0 Å². The van der Waals surface area contributed by atoms with E-state index >= 15 is 0 Å². The van der Waals surface area contributed by atoms with E-state index in [9.17, 15) is 4.21 Å². The van der Waals surface area contributed by atoms with Crippen LogP contribution in [0.4, 0.5) is 0 Å². The Labute approximate surface area is 119 Å². The molecule has 0 aromatic heterocycles. The lowest BCUT2D eigenvalue weighted by atomic mass is 10.1. The van der Waals surface area contributed by atoms with Crippen LogP contribution >= 0.6 is 0 Å². The van der Waals surface area contributed by atoms with Crippen LogP contribution < -0.4 is 5.32 Å². The zero-order valence-corrected chi connectivity index (χ0v) is 13.0. The predicted octanol–water partition coefficient (Wildman–Crippen LogP) is 2.18. The summed E-state index contributed by atoms with van der Waals surface area (Å²) in [6.45, 7) is 6.66. The summed E-state index contributed by atoms with van der Waals surface area (Å²) >= 11 is 0. The number of aryl methyl sites for hydroxylation is 2. The molecule has 0 saturated carbocycles. The van der Waals surface area contributed by atoms with Crippen molar-refractivity contribution in [3.63, 3.8) is 0 Å². The number of benzene rings is 1. The second kappa shape index (κ2) is 9.23. The highest BCUT2D eigenvalue weighted by molar-refractivity contribution is 7.84. The van der Waals surface area contributed by atoms with E-state index in [0.29, 0.717) is 5.75 Å². The lowest BCUT2D eigenvalue weighted by Gasteiger charge is -2.06. The minimum atomic E-state index is -0.766. The monoisotopic (exact) mass is 283 g/mol. The lowest BCUT2D eigenvalue weighted by Crippen LogP contribution is -2.21. The van der Waals surface area contributed by atoms with Gasteiger partial charge in [-0.2, -0.15) is 0 Å². The number of hydrogen-bond acceptors (Lipinski definition) is 3. The number of ether oxygens (including phenoxy) is 1. The highest BCUT2D eigenvalue weighted by Crippen LogP contribution is 2.11. The molecule has 1 aromatic carbocycles. The van der Waals surface area contributed by atoms with Gasteiger partial charge in [-0.05, 0) is 32.4 Å². The Morgan fingerprint density at radius 1 is 1.16 bits per heavy atom. The summed E-state index contributed by atoms with van der Waals surface area (Å²) < 4.78 is 16.9. The van der Waals surface area contributed by atoms with E-state index in [-0.39, 0.29) is 0 Å². The first-order valence-corrected chi connectivity index (χ1v) is 8.22. The standard InChI is InChI=1S/C15H25NO2S/c1-13-9-14(2)11-15(10-13)12-19(17)8-4-5-16-6-7-18-3/h9-11,16H,4-8,12H2,1-3H3. The van der Waals surface area contributed by atoms with Gasteiger partial charge in [-0.1, -0.05) is 29.3 Å². The third-order valence-corrected chi connectivity index (χ3v) is 4.22. The molecule has 0 spiro atoms. The Morgan fingerprint density at radius 2 is 1.84 bits per heavy atom. The largest absolute Gasteiger partial charge is 0.383 e. The fourth-order valence-electron chi connectivity index (χ4n) is 2.07. The smallest absolute Gasteiger partial charge is 0.0587 e. The van der Waals surface area contributed by atoms with E-state index in [1.54, 1.807) is 7.11 Å². The maximum atomic E-state index is 12.0. The van der Waals surface area contributed by atoms with Crippen LogP contribution in [0, 0.1) is 13.8 Å². The minimum absolute atomic E-state index is 0.667. The molecule has 1 unspecified atom stereocenters. The molecule has 0 aliphatic heterocycles. The van der Waals surface area contributed by atoms with Crippen molar-refractivity contribution in [3.05, 3.63) is 34.9 Å². The maximum Gasteiger partial charge on any atom is 0.0587 e. The van der Waals surface area contributed by atoms with Crippen LogP contribution in [0.3, 0.4) is 0 Å². The van der Waals surface area contributed by atoms with Gasteiger partial charge in [-0.3, -0.25) is 4.21 Å². The fourth-order valence-corrected chi connectivity index (χ4v) is 3.22. The van der Waals surface area contributed by atoms with Crippen LogP contribution in [0.2, 0.25) is 0 Å². The number of hydrogen-bond donors (Lipinski definition) is 1. The van der Waals surface area contributed by atoms with Crippen molar-refractivity contribution in [1.82, 2.24) is 5.32 Å². The van der Waals surface area contributed by atoms with Crippen LogP contribution in [0.1, 0.15) is 23.1 Å². The number of nitrogens with one attached hydrogen (secondary N) is 1. The summed E-state index contributed by atoms with van der Waals surface area (Å²) in [5.74, 6) is 1.42. The van der Waals surface area contributed by atoms with Crippen molar-refractivity contribution >= 4 is 10.8 Å². The molecule has 1 atom stereocenters. The Morgan fingerprint density at radius 3 is 2.47 bits per heavy atom. The van der Waals surface area contributed by atoms with Gasteiger partial charge in [0.2, 0.25) is 0 Å². The summed E-state index contributed by atoms with van der Waals surface area (Å²) in [5.41, 5.74) is 3.67. The van der Waals surface area contributed by atoms with E-state index in [2.05, 4.69) is 37.4 Å². The van der Waals surface area contributed by atoms with E-state index < -0.39 is 10.8 Å². The molecule has 0 aliphatic carbocycles. The Kier molecular flexibility index (Phi) is 7.94. The van der Waals surface area contributed by atoms with Gasteiger partial charge < -0.3 is 10.1 Å². The highest BCUT2D eigenvalue weighted by Gasteiger charge is 2.03. The van der Waals surface area contributed by atoms with Gasteiger partial charge in [0.05, 0.1) is 6.61 Å². The van der Waals surface area contributed by atoms with Crippen molar-refractivity contribution in [2.24, 2.45) is 0 Å². The molecular formula is C15H25NO2S. The van der Waals surface area contributed by atoms with Gasteiger partial charge in [-0.15, -0.1) is 0 Å². The fraction of sp³-hybridized carbons (Fsp3) is 0.600.